The number of carboxylic acid groups (broad SMARTS) is 1. The average Bonchev–Trinajstić information content (AvgIpc) is 3.28. The molecule has 3 unspecified atom stereocenters. The molecule has 4 aromatic rings. The average molecular weight is 476 g/mol. The zero-order valence-corrected chi connectivity index (χ0v) is 18.9. The molecular weight excluding hydrogens is 454 g/mol. The summed E-state index contributed by atoms with van der Waals surface area (Å²) in [6.07, 6.45) is 5.59. The van der Waals surface area contributed by atoms with Gasteiger partial charge in [-0.2, -0.15) is 0 Å². The highest BCUT2D eigenvalue weighted by atomic mass is 35.5. The lowest BCUT2D eigenvalue weighted by Crippen LogP contribution is -2.45. The topological polar surface area (TPSA) is 129 Å². The molecular formula is C25H22ClN5O3. The molecule has 5 N–H and O–H groups in total. The molecule has 172 valence electrons. The van der Waals surface area contributed by atoms with Gasteiger partial charge >= 0.3 is 5.97 Å². The van der Waals surface area contributed by atoms with Gasteiger partial charge in [0.15, 0.2) is 0 Å². The molecule has 2 aliphatic rings. The molecule has 0 fully saturated rings. The van der Waals surface area contributed by atoms with Crippen molar-refractivity contribution in [1.82, 2.24) is 14.5 Å². The van der Waals surface area contributed by atoms with E-state index < -0.39 is 17.6 Å². The molecule has 6 rings (SSSR count). The van der Waals surface area contributed by atoms with Crippen LogP contribution in [0.1, 0.15) is 51.1 Å². The van der Waals surface area contributed by atoms with Crippen molar-refractivity contribution in [1.29, 1.82) is 0 Å². The zero-order chi connectivity index (χ0) is 23.6. The van der Waals surface area contributed by atoms with E-state index in [1.165, 1.54) is 6.33 Å². The van der Waals surface area contributed by atoms with E-state index in [4.69, 9.17) is 27.8 Å². The Balaban J connectivity index is 1.59. The normalized spacial score (nSPS) is 23.0. The number of aromatic nitrogens is 3. The van der Waals surface area contributed by atoms with Crippen LogP contribution in [0, 0.1) is 0 Å². The molecule has 0 radical (unpaired) electrons. The van der Waals surface area contributed by atoms with Gasteiger partial charge in [0, 0.05) is 53.0 Å². The van der Waals surface area contributed by atoms with Crippen LogP contribution in [-0.4, -0.2) is 32.2 Å². The van der Waals surface area contributed by atoms with Gasteiger partial charge in [-0.25, -0.2) is 14.8 Å². The number of halogens is 1. The summed E-state index contributed by atoms with van der Waals surface area (Å²) in [6.45, 7) is 0.867. The third kappa shape index (κ3) is 2.96. The Morgan fingerprint density at radius 1 is 1.26 bits per heavy atom. The zero-order valence-electron chi connectivity index (χ0n) is 18.1. The van der Waals surface area contributed by atoms with Crippen molar-refractivity contribution in [2.24, 2.45) is 11.5 Å². The maximum absolute atomic E-state index is 11.8. The fraction of sp³-hybridized carbons (Fsp3) is 0.240. The summed E-state index contributed by atoms with van der Waals surface area (Å²) in [7, 11) is 0. The standard InChI is InChI=1S/C25H22ClN5O3/c26-17-3-1-2-14-7-18(31(23(14)17)11-13-9-29-12-30-10-13)21-22(27)16-6-15(24(32)33)8-19-20(16)25(21,28)4-5-34-19/h1-3,6-10,12,21-22H,4-5,11,27-28H2,(H,32,33). The van der Waals surface area contributed by atoms with Crippen LogP contribution in [0.3, 0.4) is 0 Å². The number of carbonyl (C=O) groups is 1. The molecule has 3 atom stereocenters. The predicted molar refractivity (Wildman–Crippen MR) is 127 cm³/mol. The third-order valence-corrected chi connectivity index (χ3v) is 7.37. The number of hydrogen-bond donors (Lipinski definition) is 3. The second-order valence-corrected chi connectivity index (χ2v) is 9.37. The Morgan fingerprint density at radius 3 is 2.82 bits per heavy atom. The molecule has 9 heteroatoms. The van der Waals surface area contributed by atoms with E-state index in [1.54, 1.807) is 24.5 Å². The van der Waals surface area contributed by atoms with Crippen molar-refractivity contribution >= 4 is 28.5 Å². The number of nitrogens with two attached hydrogens (primary N) is 2. The van der Waals surface area contributed by atoms with E-state index in [0.29, 0.717) is 35.9 Å². The molecule has 8 nitrogen and oxygen atoms in total. The van der Waals surface area contributed by atoms with Gasteiger partial charge < -0.3 is 25.9 Å². The van der Waals surface area contributed by atoms with Crippen LogP contribution in [0.2, 0.25) is 5.02 Å². The molecule has 1 aliphatic heterocycles. The largest absolute Gasteiger partial charge is 0.493 e. The first-order chi connectivity index (χ1) is 16.4. The lowest BCUT2D eigenvalue weighted by atomic mass is 9.77. The highest BCUT2D eigenvalue weighted by Crippen LogP contribution is 2.58. The predicted octanol–water partition coefficient (Wildman–Crippen LogP) is 3.56. The van der Waals surface area contributed by atoms with Crippen LogP contribution in [0.5, 0.6) is 5.75 Å². The molecule has 0 amide bonds. The third-order valence-electron chi connectivity index (χ3n) is 7.07. The summed E-state index contributed by atoms with van der Waals surface area (Å²) in [5, 5.41) is 11.2. The van der Waals surface area contributed by atoms with Crippen LogP contribution in [0.4, 0.5) is 0 Å². The van der Waals surface area contributed by atoms with Gasteiger partial charge in [0.05, 0.1) is 34.8 Å². The highest BCUT2D eigenvalue weighted by molar-refractivity contribution is 6.35. The van der Waals surface area contributed by atoms with E-state index in [0.717, 1.165) is 27.7 Å². The number of nitrogens with zero attached hydrogens (tertiary/aromatic N) is 3. The summed E-state index contributed by atoms with van der Waals surface area (Å²) in [5.74, 6) is -0.850. The van der Waals surface area contributed by atoms with E-state index >= 15 is 0 Å². The number of fused-ring (bicyclic) bond motifs is 1. The van der Waals surface area contributed by atoms with Crippen LogP contribution in [0.25, 0.3) is 10.9 Å². The number of benzene rings is 2. The van der Waals surface area contributed by atoms with Gasteiger partial charge in [0.1, 0.15) is 12.1 Å². The summed E-state index contributed by atoms with van der Waals surface area (Å²) in [5.41, 5.74) is 17.6. The van der Waals surface area contributed by atoms with Gasteiger partial charge in [-0.15, -0.1) is 0 Å². The van der Waals surface area contributed by atoms with Crippen LogP contribution in [0.15, 0.2) is 55.1 Å². The van der Waals surface area contributed by atoms with Gasteiger partial charge in [0.2, 0.25) is 0 Å². The lowest BCUT2D eigenvalue weighted by molar-refractivity contribution is 0.0696. The molecule has 1 aliphatic carbocycles. The molecule has 0 spiro atoms. The van der Waals surface area contributed by atoms with Crippen molar-refractivity contribution in [3.05, 3.63) is 88.1 Å². The SMILES string of the molecule is NC1c2cc(C(=O)O)cc3c2C(N)(CCO3)C1c1cc2cccc(Cl)c2n1Cc1cncnc1. The van der Waals surface area contributed by atoms with Crippen molar-refractivity contribution in [3.63, 3.8) is 0 Å². The second kappa shape index (κ2) is 7.53. The Morgan fingerprint density at radius 2 is 2.06 bits per heavy atom. The Bertz CT molecular complexity index is 1450. The maximum Gasteiger partial charge on any atom is 0.335 e. The highest BCUT2D eigenvalue weighted by Gasteiger charge is 2.54. The minimum atomic E-state index is -1.03. The summed E-state index contributed by atoms with van der Waals surface area (Å²) in [4.78, 5) is 20.1. The molecule has 0 saturated carbocycles. The van der Waals surface area contributed by atoms with Gasteiger partial charge in [-0.05, 0) is 29.8 Å². The van der Waals surface area contributed by atoms with E-state index in [9.17, 15) is 9.90 Å². The molecule has 2 aromatic heterocycles. The number of hydrogen-bond acceptors (Lipinski definition) is 6. The Hall–Kier alpha value is -3.46. The first kappa shape index (κ1) is 21.1. The fourth-order valence-corrected chi connectivity index (χ4v) is 5.95. The molecule has 2 aromatic carbocycles. The van der Waals surface area contributed by atoms with Gasteiger partial charge in [-0.3, -0.25) is 0 Å². The minimum Gasteiger partial charge on any atom is -0.493 e. The van der Waals surface area contributed by atoms with Crippen LogP contribution < -0.4 is 16.2 Å². The summed E-state index contributed by atoms with van der Waals surface area (Å²) >= 11 is 6.67. The second-order valence-electron chi connectivity index (χ2n) is 8.97. The quantitative estimate of drug-likeness (QED) is 0.411. The first-order valence-electron chi connectivity index (χ1n) is 11.0. The number of carboxylic acids is 1. The maximum atomic E-state index is 11.8. The smallest absolute Gasteiger partial charge is 0.335 e. The molecule has 3 heterocycles. The van der Waals surface area contributed by atoms with Crippen LogP contribution in [-0.2, 0) is 12.1 Å². The monoisotopic (exact) mass is 475 g/mol. The van der Waals surface area contributed by atoms with Crippen LogP contribution >= 0.6 is 11.6 Å². The van der Waals surface area contributed by atoms with E-state index in [1.807, 2.05) is 18.2 Å². The number of aromatic carboxylic acids is 1. The van der Waals surface area contributed by atoms with Crippen molar-refractivity contribution < 1.29 is 14.6 Å². The van der Waals surface area contributed by atoms with Gasteiger partial charge in [-0.1, -0.05) is 23.7 Å². The minimum absolute atomic E-state index is 0.138. The fourth-order valence-electron chi connectivity index (χ4n) is 5.67. The number of ether oxygens (including phenoxy) is 1. The summed E-state index contributed by atoms with van der Waals surface area (Å²) < 4.78 is 8.00. The van der Waals surface area contributed by atoms with Crippen molar-refractivity contribution in [3.8, 4) is 5.75 Å². The van der Waals surface area contributed by atoms with E-state index in [-0.39, 0.29) is 11.5 Å². The molecule has 34 heavy (non-hydrogen) atoms. The van der Waals surface area contributed by atoms with E-state index in [2.05, 4.69) is 20.6 Å². The summed E-state index contributed by atoms with van der Waals surface area (Å²) in [6, 6.07) is 10.5. The lowest BCUT2D eigenvalue weighted by Gasteiger charge is -2.38. The number of rotatable bonds is 4. The number of para-hydroxylation sites is 1. The van der Waals surface area contributed by atoms with Gasteiger partial charge in [0.25, 0.3) is 0 Å². The molecule has 0 saturated heterocycles. The Labute approximate surface area is 200 Å². The molecule has 0 bridgehead atoms. The Kier molecular flexibility index (Phi) is 4.67. The first-order valence-corrected chi connectivity index (χ1v) is 11.4. The van der Waals surface area contributed by atoms with Crippen molar-refractivity contribution in [2.45, 2.75) is 30.5 Å². The van der Waals surface area contributed by atoms with Crippen molar-refractivity contribution in [2.75, 3.05) is 6.61 Å².